The molecule has 1 aliphatic rings. The highest BCUT2D eigenvalue weighted by Gasteiger charge is 2.11. The van der Waals surface area contributed by atoms with Crippen LogP contribution in [0.4, 0.5) is 8.78 Å². The average molecular weight is 533 g/mol. The lowest BCUT2D eigenvalue weighted by Crippen LogP contribution is -2.38. The summed E-state index contributed by atoms with van der Waals surface area (Å²) < 4.78 is 34.9. The van der Waals surface area contributed by atoms with Crippen molar-refractivity contribution < 1.29 is 18.3 Å². The van der Waals surface area contributed by atoms with E-state index in [-0.39, 0.29) is 36.3 Å². The maximum Gasteiger partial charge on any atom is 0.387 e. The number of rotatable bonds is 9. The lowest BCUT2D eigenvalue weighted by Gasteiger charge is -2.26. The van der Waals surface area contributed by atoms with Crippen LogP contribution in [0.2, 0.25) is 5.02 Å². The van der Waals surface area contributed by atoms with Gasteiger partial charge in [0, 0.05) is 43.8 Å². The van der Waals surface area contributed by atoms with Gasteiger partial charge in [-0.25, -0.2) is 0 Å². The van der Waals surface area contributed by atoms with Crippen LogP contribution in [0.15, 0.2) is 23.2 Å². The van der Waals surface area contributed by atoms with Crippen LogP contribution in [0.25, 0.3) is 0 Å². The Morgan fingerprint density at radius 3 is 2.71 bits per heavy atom. The molecule has 0 bridgehead atoms. The Morgan fingerprint density at radius 1 is 1.29 bits per heavy atom. The third-order valence-corrected chi connectivity index (χ3v) is 4.44. The monoisotopic (exact) mass is 532 g/mol. The molecule has 2 N–H and O–H groups in total. The standard InChI is InChI=1S/C18H27ClF2N4O2.HI/c1-22-18(23-6-2-3-7-25-8-10-26-11-9-25)24-13-14-12-15(19)4-5-16(14)27-17(20)21;/h4-5,12,17H,2-3,6-11,13H2,1H3,(H2,22,23,24);1H. The highest BCUT2D eigenvalue weighted by molar-refractivity contribution is 14.0. The number of morpholine rings is 1. The van der Waals surface area contributed by atoms with Crippen molar-refractivity contribution in [1.82, 2.24) is 15.5 Å². The number of benzene rings is 1. The quantitative estimate of drug-likeness (QED) is 0.221. The average Bonchev–Trinajstić information content (AvgIpc) is 2.66. The molecule has 1 heterocycles. The fourth-order valence-corrected chi connectivity index (χ4v) is 2.98. The number of guanidine groups is 1. The van der Waals surface area contributed by atoms with Crippen LogP contribution in [-0.2, 0) is 11.3 Å². The van der Waals surface area contributed by atoms with Gasteiger partial charge in [-0.3, -0.25) is 9.89 Å². The van der Waals surface area contributed by atoms with Crippen molar-refractivity contribution >= 4 is 41.5 Å². The summed E-state index contributed by atoms with van der Waals surface area (Å²) in [6.45, 7) is 2.86. The molecule has 10 heteroatoms. The first-order chi connectivity index (χ1) is 13.1. The first-order valence-corrected chi connectivity index (χ1v) is 9.44. The molecule has 6 nitrogen and oxygen atoms in total. The zero-order valence-corrected chi connectivity index (χ0v) is 19.0. The minimum atomic E-state index is -2.88. The molecule has 0 saturated carbocycles. The number of nitrogens with one attached hydrogen (secondary N) is 2. The van der Waals surface area contributed by atoms with E-state index in [0.29, 0.717) is 16.5 Å². The number of aliphatic imine (C=N–C) groups is 1. The molecule has 0 radical (unpaired) electrons. The second-order valence-corrected chi connectivity index (χ2v) is 6.58. The van der Waals surface area contributed by atoms with Crippen molar-refractivity contribution in [3.63, 3.8) is 0 Å². The number of halogens is 4. The zero-order valence-electron chi connectivity index (χ0n) is 15.9. The summed E-state index contributed by atoms with van der Waals surface area (Å²) in [4.78, 5) is 6.55. The molecular weight excluding hydrogens is 505 g/mol. The Kier molecular flexibility index (Phi) is 12.7. The van der Waals surface area contributed by atoms with E-state index < -0.39 is 6.61 Å². The van der Waals surface area contributed by atoms with Gasteiger partial charge in [-0.05, 0) is 37.6 Å². The van der Waals surface area contributed by atoms with Crippen molar-refractivity contribution in [2.45, 2.75) is 26.0 Å². The molecular formula is C18H28ClF2IN4O2. The number of hydrogen-bond acceptors (Lipinski definition) is 4. The van der Waals surface area contributed by atoms with Crippen LogP contribution in [0, 0.1) is 0 Å². The highest BCUT2D eigenvalue weighted by atomic mass is 127. The summed E-state index contributed by atoms with van der Waals surface area (Å²) in [7, 11) is 1.66. The number of nitrogens with zero attached hydrogens (tertiary/aromatic N) is 2. The molecule has 1 aromatic carbocycles. The fourth-order valence-electron chi connectivity index (χ4n) is 2.79. The van der Waals surface area contributed by atoms with Crippen LogP contribution in [-0.4, -0.2) is 63.9 Å². The molecule has 0 amide bonds. The minimum Gasteiger partial charge on any atom is -0.434 e. The molecule has 1 aromatic rings. The first-order valence-electron chi connectivity index (χ1n) is 9.06. The van der Waals surface area contributed by atoms with Crippen LogP contribution >= 0.6 is 35.6 Å². The van der Waals surface area contributed by atoms with E-state index in [9.17, 15) is 8.78 Å². The molecule has 0 spiro atoms. The maximum absolute atomic E-state index is 12.5. The summed E-state index contributed by atoms with van der Waals surface area (Å²) in [5.41, 5.74) is 0.540. The van der Waals surface area contributed by atoms with Gasteiger partial charge in [0.1, 0.15) is 5.75 Å². The van der Waals surface area contributed by atoms with E-state index in [2.05, 4.69) is 25.3 Å². The van der Waals surface area contributed by atoms with Gasteiger partial charge in [0.25, 0.3) is 0 Å². The molecule has 160 valence electrons. The molecule has 28 heavy (non-hydrogen) atoms. The van der Waals surface area contributed by atoms with Gasteiger partial charge in [0.15, 0.2) is 5.96 Å². The molecule has 1 aliphatic heterocycles. The van der Waals surface area contributed by atoms with Crippen LogP contribution < -0.4 is 15.4 Å². The molecule has 0 atom stereocenters. The van der Waals surface area contributed by atoms with Gasteiger partial charge in [-0.2, -0.15) is 8.78 Å². The molecule has 2 rings (SSSR count). The predicted molar refractivity (Wildman–Crippen MR) is 118 cm³/mol. The van der Waals surface area contributed by atoms with Crippen molar-refractivity contribution in [2.75, 3.05) is 46.4 Å². The van der Waals surface area contributed by atoms with E-state index >= 15 is 0 Å². The largest absolute Gasteiger partial charge is 0.434 e. The second kappa shape index (κ2) is 14.1. The number of ether oxygens (including phenoxy) is 2. The topological polar surface area (TPSA) is 58.1 Å². The smallest absolute Gasteiger partial charge is 0.387 e. The molecule has 1 saturated heterocycles. The van der Waals surface area contributed by atoms with Crippen LogP contribution in [0.1, 0.15) is 18.4 Å². The van der Waals surface area contributed by atoms with Gasteiger partial charge in [-0.15, -0.1) is 24.0 Å². The summed E-state index contributed by atoms with van der Waals surface area (Å²) in [5, 5.41) is 6.78. The highest BCUT2D eigenvalue weighted by Crippen LogP contribution is 2.24. The zero-order chi connectivity index (χ0) is 19.5. The minimum absolute atomic E-state index is 0. The second-order valence-electron chi connectivity index (χ2n) is 6.14. The van der Waals surface area contributed by atoms with Crippen molar-refractivity contribution in [2.24, 2.45) is 4.99 Å². The summed E-state index contributed by atoms with van der Waals surface area (Å²) >= 11 is 5.96. The molecule has 0 unspecified atom stereocenters. The lowest BCUT2D eigenvalue weighted by molar-refractivity contribution is -0.0504. The van der Waals surface area contributed by atoms with Gasteiger partial charge >= 0.3 is 6.61 Å². The SMILES string of the molecule is CN=C(NCCCCN1CCOCC1)NCc1cc(Cl)ccc1OC(F)F.I. The Hall–Kier alpha value is -0.910. The van der Waals surface area contributed by atoms with E-state index in [1.165, 1.54) is 12.1 Å². The van der Waals surface area contributed by atoms with E-state index in [1.54, 1.807) is 13.1 Å². The van der Waals surface area contributed by atoms with E-state index in [4.69, 9.17) is 16.3 Å². The summed E-state index contributed by atoms with van der Waals surface area (Å²) in [5.74, 6) is 0.701. The maximum atomic E-state index is 12.5. The van der Waals surface area contributed by atoms with Crippen molar-refractivity contribution in [1.29, 1.82) is 0 Å². The Morgan fingerprint density at radius 2 is 2.04 bits per heavy atom. The van der Waals surface area contributed by atoms with Gasteiger partial charge in [0.2, 0.25) is 0 Å². The molecule has 1 fully saturated rings. The van der Waals surface area contributed by atoms with E-state index in [0.717, 1.165) is 52.2 Å². The normalized spacial score (nSPS) is 15.2. The molecule has 0 aliphatic carbocycles. The van der Waals surface area contributed by atoms with Gasteiger partial charge in [0.05, 0.1) is 13.2 Å². The number of hydrogen-bond donors (Lipinski definition) is 2. The fraction of sp³-hybridized carbons (Fsp3) is 0.611. The third-order valence-electron chi connectivity index (χ3n) is 4.21. The number of alkyl halides is 2. The van der Waals surface area contributed by atoms with Gasteiger partial charge < -0.3 is 20.1 Å². The van der Waals surface area contributed by atoms with Crippen LogP contribution in [0.5, 0.6) is 5.75 Å². The predicted octanol–water partition coefficient (Wildman–Crippen LogP) is 3.34. The third kappa shape index (κ3) is 9.53. The Bertz CT molecular complexity index is 605. The van der Waals surface area contributed by atoms with Gasteiger partial charge in [-0.1, -0.05) is 11.6 Å². The van der Waals surface area contributed by atoms with Crippen molar-refractivity contribution in [3.8, 4) is 5.75 Å². The van der Waals surface area contributed by atoms with E-state index in [1.807, 2.05) is 0 Å². The van der Waals surface area contributed by atoms with Crippen LogP contribution in [0.3, 0.4) is 0 Å². The van der Waals surface area contributed by atoms with Crippen molar-refractivity contribution in [3.05, 3.63) is 28.8 Å². The Balaban J connectivity index is 0.00000392. The summed E-state index contributed by atoms with van der Waals surface area (Å²) in [6, 6.07) is 4.56. The lowest BCUT2D eigenvalue weighted by atomic mass is 10.2. The number of unbranched alkanes of at least 4 members (excludes halogenated alkanes) is 1. The Labute approximate surface area is 187 Å². The first kappa shape index (κ1) is 25.1. The molecule has 0 aromatic heterocycles. The summed E-state index contributed by atoms with van der Waals surface area (Å²) in [6.07, 6.45) is 2.10.